The maximum absolute atomic E-state index is 12.5. The highest BCUT2D eigenvalue weighted by Crippen LogP contribution is 2.19. The van der Waals surface area contributed by atoms with Crippen LogP contribution < -0.4 is 5.32 Å². The van der Waals surface area contributed by atoms with Gasteiger partial charge in [0.1, 0.15) is 11.6 Å². The number of aryl methyl sites for hydroxylation is 1. The lowest BCUT2D eigenvalue weighted by atomic mass is 10.1. The molecule has 1 N–H and O–H groups in total. The number of nitrogens with one attached hydrogen (secondary N) is 1. The summed E-state index contributed by atoms with van der Waals surface area (Å²) in [7, 11) is 0. The normalized spacial score (nSPS) is 11.2. The standard InChI is InChI=1S/C16H19F2N3/c1-10(2)16-20-11(3)8-14(21-16)19-9-12-4-6-13(7-5-12)15(17)18/h4-8,10,15H,9H2,1-3H3,(H,19,20,21). The Kier molecular flexibility index (Phi) is 4.83. The van der Waals surface area contributed by atoms with Gasteiger partial charge in [-0.15, -0.1) is 0 Å². The third kappa shape index (κ3) is 4.21. The zero-order chi connectivity index (χ0) is 15.4. The van der Waals surface area contributed by atoms with E-state index >= 15 is 0 Å². The van der Waals surface area contributed by atoms with Crippen molar-refractivity contribution in [3.63, 3.8) is 0 Å². The molecular formula is C16H19F2N3. The number of halogens is 2. The average Bonchev–Trinajstić information content (AvgIpc) is 2.45. The lowest BCUT2D eigenvalue weighted by molar-refractivity contribution is 0.151. The molecule has 1 aromatic carbocycles. The summed E-state index contributed by atoms with van der Waals surface area (Å²) in [5, 5.41) is 3.21. The molecule has 0 aliphatic heterocycles. The van der Waals surface area contributed by atoms with Gasteiger partial charge in [0, 0.05) is 29.8 Å². The van der Waals surface area contributed by atoms with Crippen LogP contribution in [0.4, 0.5) is 14.6 Å². The minimum absolute atomic E-state index is 0.0405. The fourth-order valence-electron chi connectivity index (χ4n) is 1.91. The van der Waals surface area contributed by atoms with E-state index in [0.717, 1.165) is 22.9 Å². The number of nitrogens with zero attached hydrogens (tertiary/aromatic N) is 2. The molecule has 2 rings (SSSR count). The Morgan fingerprint density at radius 1 is 1.10 bits per heavy atom. The van der Waals surface area contributed by atoms with E-state index in [1.165, 1.54) is 12.1 Å². The molecule has 0 atom stereocenters. The average molecular weight is 291 g/mol. The predicted molar refractivity (Wildman–Crippen MR) is 79.6 cm³/mol. The van der Waals surface area contributed by atoms with Gasteiger partial charge < -0.3 is 5.32 Å². The smallest absolute Gasteiger partial charge is 0.263 e. The molecule has 5 heteroatoms. The van der Waals surface area contributed by atoms with Crippen molar-refractivity contribution in [1.82, 2.24) is 9.97 Å². The van der Waals surface area contributed by atoms with E-state index in [9.17, 15) is 8.78 Å². The molecule has 3 nitrogen and oxygen atoms in total. The van der Waals surface area contributed by atoms with E-state index in [-0.39, 0.29) is 11.5 Å². The SMILES string of the molecule is Cc1cc(NCc2ccc(C(F)F)cc2)nc(C(C)C)n1. The molecule has 0 unspecified atom stereocenters. The zero-order valence-electron chi connectivity index (χ0n) is 12.4. The second-order valence-corrected chi connectivity index (χ2v) is 5.30. The highest BCUT2D eigenvalue weighted by molar-refractivity contribution is 5.37. The van der Waals surface area contributed by atoms with Gasteiger partial charge in [-0.1, -0.05) is 38.1 Å². The molecule has 1 heterocycles. The number of aromatic nitrogens is 2. The summed E-state index contributed by atoms with van der Waals surface area (Å²) in [4.78, 5) is 8.84. The topological polar surface area (TPSA) is 37.8 Å². The Bertz CT molecular complexity index is 595. The predicted octanol–water partition coefficient (Wildman–Crippen LogP) is 4.46. The molecule has 0 fully saturated rings. The fraction of sp³-hybridized carbons (Fsp3) is 0.375. The van der Waals surface area contributed by atoms with Crippen molar-refractivity contribution >= 4 is 5.82 Å². The van der Waals surface area contributed by atoms with Crippen LogP contribution in [0.1, 0.15) is 48.8 Å². The largest absolute Gasteiger partial charge is 0.366 e. The van der Waals surface area contributed by atoms with Gasteiger partial charge in [0.05, 0.1) is 0 Å². The van der Waals surface area contributed by atoms with Crippen LogP contribution in [0.3, 0.4) is 0 Å². The molecule has 112 valence electrons. The lowest BCUT2D eigenvalue weighted by Gasteiger charge is -2.10. The van der Waals surface area contributed by atoms with Gasteiger partial charge in [-0.3, -0.25) is 0 Å². The van der Waals surface area contributed by atoms with Crippen molar-refractivity contribution in [3.8, 4) is 0 Å². The molecule has 0 bridgehead atoms. The van der Waals surface area contributed by atoms with E-state index in [1.807, 2.05) is 26.8 Å². The molecule has 0 aliphatic carbocycles. The van der Waals surface area contributed by atoms with Crippen molar-refractivity contribution in [2.75, 3.05) is 5.32 Å². The van der Waals surface area contributed by atoms with Gasteiger partial charge in [0.2, 0.25) is 0 Å². The first kappa shape index (κ1) is 15.4. The number of hydrogen-bond donors (Lipinski definition) is 1. The molecular weight excluding hydrogens is 272 g/mol. The molecule has 0 saturated carbocycles. The monoisotopic (exact) mass is 291 g/mol. The summed E-state index contributed by atoms with van der Waals surface area (Å²) in [6.07, 6.45) is -2.43. The highest BCUT2D eigenvalue weighted by atomic mass is 19.3. The molecule has 1 aromatic heterocycles. The number of rotatable bonds is 5. The van der Waals surface area contributed by atoms with Crippen LogP contribution in [0.25, 0.3) is 0 Å². The Hall–Kier alpha value is -2.04. The van der Waals surface area contributed by atoms with E-state index in [1.54, 1.807) is 12.1 Å². The van der Waals surface area contributed by atoms with Crippen LogP contribution in [0.15, 0.2) is 30.3 Å². The van der Waals surface area contributed by atoms with Gasteiger partial charge in [-0.25, -0.2) is 18.7 Å². The Balaban J connectivity index is 2.05. The molecule has 0 spiro atoms. The van der Waals surface area contributed by atoms with E-state index in [4.69, 9.17) is 0 Å². The summed E-state index contributed by atoms with van der Waals surface area (Å²) in [6, 6.07) is 8.18. The number of benzene rings is 1. The summed E-state index contributed by atoms with van der Waals surface area (Å²) >= 11 is 0. The lowest BCUT2D eigenvalue weighted by Crippen LogP contribution is -2.06. The molecule has 21 heavy (non-hydrogen) atoms. The fourth-order valence-corrected chi connectivity index (χ4v) is 1.91. The first-order chi connectivity index (χ1) is 9.95. The van der Waals surface area contributed by atoms with Crippen molar-refractivity contribution in [3.05, 3.63) is 53.0 Å². The molecule has 0 aliphatic rings. The maximum Gasteiger partial charge on any atom is 0.263 e. The van der Waals surface area contributed by atoms with E-state index < -0.39 is 6.43 Å². The van der Waals surface area contributed by atoms with Gasteiger partial charge >= 0.3 is 0 Å². The third-order valence-corrected chi connectivity index (χ3v) is 3.09. The highest BCUT2D eigenvalue weighted by Gasteiger charge is 2.07. The maximum atomic E-state index is 12.5. The summed E-state index contributed by atoms with van der Waals surface area (Å²) in [6.45, 7) is 6.55. The number of alkyl halides is 2. The van der Waals surface area contributed by atoms with Crippen molar-refractivity contribution in [2.24, 2.45) is 0 Å². The molecule has 2 aromatic rings. The second kappa shape index (κ2) is 6.61. The molecule has 0 saturated heterocycles. The van der Waals surface area contributed by atoms with Crippen molar-refractivity contribution in [2.45, 2.75) is 39.7 Å². The minimum Gasteiger partial charge on any atom is -0.366 e. The van der Waals surface area contributed by atoms with Gasteiger partial charge in [0.15, 0.2) is 0 Å². The molecule has 0 radical (unpaired) electrons. The van der Waals surface area contributed by atoms with Crippen LogP contribution in [-0.4, -0.2) is 9.97 Å². The van der Waals surface area contributed by atoms with Crippen LogP contribution >= 0.6 is 0 Å². The zero-order valence-corrected chi connectivity index (χ0v) is 12.4. The van der Waals surface area contributed by atoms with Gasteiger partial charge in [-0.05, 0) is 12.5 Å². The number of anilines is 1. The first-order valence-corrected chi connectivity index (χ1v) is 6.92. The Morgan fingerprint density at radius 3 is 2.33 bits per heavy atom. The Morgan fingerprint density at radius 2 is 1.76 bits per heavy atom. The van der Waals surface area contributed by atoms with Crippen molar-refractivity contribution in [1.29, 1.82) is 0 Å². The van der Waals surface area contributed by atoms with E-state index in [2.05, 4.69) is 15.3 Å². The van der Waals surface area contributed by atoms with Crippen molar-refractivity contribution < 1.29 is 8.78 Å². The third-order valence-electron chi connectivity index (χ3n) is 3.09. The van der Waals surface area contributed by atoms with Crippen LogP contribution in [0, 0.1) is 6.92 Å². The second-order valence-electron chi connectivity index (χ2n) is 5.30. The first-order valence-electron chi connectivity index (χ1n) is 6.92. The quantitative estimate of drug-likeness (QED) is 0.884. The van der Waals surface area contributed by atoms with Crippen LogP contribution in [0.2, 0.25) is 0 Å². The Labute approximate surface area is 123 Å². The van der Waals surface area contributed by atoms with Crippen LogP contribution in [-0.2, 0) is 6.54 Å². The van der Waals surface area contributed by atoms with Crippen LogP contribution in [0.5, 0.6) is 0 Å². The minimum atomic E-state index is -2.43. The summed E-state index contributed by atoms with van der Waals surface area (Å²) < 4.78 is 25.0. The summed E-state index contributed by atoms with van der Waals surface area (Å²) in [5.74, 6) is 1.81. The molecule has 0 amide bonds. The van der Waals surface area contributed by atoms with Gasteiger partial charge in [-0.2, -0.15) is 0 Å². The van der Waals surface area contributed by atoms with E-state index in [0.29, 0.717) is 6.54 Å². The summed E-state index contributed by atoms with van der Waals surface area (Å²) in [5.41, 5.74) is 1.88. The van der Waals surface area contributed by atoms with Gasteiger partial charge in [0.25, 0.3) is 6.43 Å². The number of hydrogen-bond acceptors (Lipinski definition) is 3.